The van der Waals surface area contributed by atoms with Crippen molar-refractivity contribution in [3.8, 4) is 11.6 Å². The summed E-state index contributed by atoms with van der Waals surface area (Å²) < 4.78 is 56.1. The van der Waals surface area contributed by atoms with Gasteiger partial charge in [-0.1, -0.05) is 0 Å². The molecule has 0 amide bonds. The summed E-state index contributed by atoms with van der Waals surface area (Å²) in [4.78, 5) is 8.82. The lowest BCUT2D eigenvalue weighted by molar-refractivity contribution is 0.142. The number of aromatic nitrogens is 7. The number of alkyl halides is 4. The number of hydrogen-bond acceptors (Lipinski definition) is 7. The lowest BCUT2D eigenvalue weighted by Crippen LogP contribution is -2.12. The number of hydrogen-bond donors (Lipinski definition) is 2. The minimum atomic E-state index is -3.09. The van der Waals surface area contributed by atoms with Gasteiger partial charge in [0.2, 0.25) is 0 Å². The third-order valence-electron chi connectivity index (χ3n) is 5.61. The van der Waals surface area contributed by atoms with Crippen molar-refractivity contribution >= 4 is 22.5 Å². The van der Waals surface area contributed by atoms with Crippen molar-refractivity contribution < 1.29 is 22.7 Å². The van der Waals surface area contributed by atoms with Crippen LogP contribution in [0.2, 0.25) is 0 Å². The van der Waals surface area contributed by atoms with Crippen LogP contribution in [0.5, 0.6) is 0 Å². The van der Waals surface area contributed by atoms with Crippen LogP contribution in [0.25, 0.3) is 22.7 Å². The summed E-state index contributed by atoms with van der Waals surface area (Å²) in [6.07, 6.45) is -5.77. The SMILES string of the molecule is Cc1ccc(Nc2ccc3c(c2)ncn3-c2ccc([C@H](C)O)c(-n3nc(C(F)F)cc3C(F)F)n2)nn1. The van der Waals surface area contributed by atoms with Gasteiger partial charge in [-0.15, -0.1) is 5.10 Å². The lowest BCUT2D eigenvalue weighted by atomic mass is 10.1. The molecule has 0 aliphatic heterocycles. The van der Waals surface area contributed by atoms with Crippen LogP contribution in [-0.4, -0.2) is 39.6 Å². The maximum absolute atomic E-state index is 13.7. The Morgan fingerprint density at radius 2 is 1.76 bits per heavy atom. The average Bonchev–Trinajstić information content (AvgIpc) is 3.50. The second kappa shape index (κ2) is 9.58. The first-order chi connectivity index (χ1) is 17.7. The molecule has 2 N–H and O–H groups in total. The first kappa shape index (κ1) is 24.3. The molecule has 9 nitrogen and oxygen atoms in total. The summed E-state index contributed by atoms with van der Waals surface area (Å²) in [5.74, 6) is 0.635. The van der Waals surface area contributed by atoms with E-state index in [4.69, 9.17) is 0 Å². The van der Waals surface area contributed by atoms with Crippen LogP contribution >= 0.6 is 0 Å². The molecule has 0 saturated carbocycles. The monoisotopic (exact) mass is 512 g/mol. The van der Waals surface area contributed by atoms with E-state index in [9.17, 15) is 22.7 Å². The van der Waals surface area contributed by atoms with E-state index in [0.717, 1.165) is 5.69 Å². The Kier molecular flexibility index (Phi) is 6.29. The molecule has 0 spiro atoms. The molecule has 0 radical (unpaired) electrons. The van der Waals surface area contributed by atoms with Gasteiger partial charge in [0.1, 0.15) is 23.5 Å². The zero-order chi connectivity index (χ0) is 26.3. The molecule has 1 atom stereocenters. The molecule has 0 bridgehead atoms. The van der Waals surface area contributed by atoms with Crippen molar-refractivity contribution in [2.75, 3.05) is 5.32 Å². The van der Waals surface area contributed by atoms with E-state index in [-0.39, 0.29) is 17.2 Å². The number of aliphatic hydroxyl groups excluding tert-OH is 1. The number of aliphatic hydroxyl groups is 1. The smallest absolute Gasteiger partial charge is 0.282 e. The molecule has 13 heteroatoms. The van der Waals surface area contributed by atoms with Gasteiger partial charge in [0.25, 0.3) is 12.9 Å². The molecule has 0 fully saturated rings. The minimum Gasteiger partial charge on any atom is -0.389 e. The summed E-state index contributed by atoms with van der Waals surface area (Å²) in [5.41, 5.74) is 1.32. The van der Waals surface area contributed by atoms with Gasteiger partial charge in [-0.2, -0.15) is 10.2 Å². The minimum absolute atomic E-state index is 0.143. The largest absolute Gasteiger partial charge is 0.389 e. The number of rotatable bonds is 7. The number of benzene rings is 1. The second-order valence-corrected chi connectivity index (χ2v) is 8.27. The van der Waals surface area contributed by atoms with Crippen LogP contribution in [-0.2, 0) is 0 Å². The van der Waals surface area contributed by atoms with Crippen LogP contribution in [0.3, 0.4) is 0 Å². The Bertz CT molecular complexity index is 1560. The van der Waals surface area contributed by atoms with E-state index >= 15 is 0 Å². The molecule has 0 aliphatic carbocycles. The van der Waals surface area contributed by atoms with E-state index in [1.807, 2.05) is 13.0 Å². The highest BCUT2D eigenvalue weighted by molar-refractivity contribution is 5.82. The normalized spacial score (nSPS) is 12.6. The summed E-state index contributed by atoms with van der Waals surface area (Å²) >= 11 is 0. The van der Waals surface area contributed by atoms with Gasteiger partial charge in [-0.05, 0) is 62.4 Å². The molecule has 0 unspecified atom stereocenters. The highest BCUT2D eigenvalue weighted by Gasteiger charge is 2.25. The van der Waals surface area contributed by atoms with Gasteiger partial charge < -0.3 is 10.4 Å². The predicted octanol–water partition coefficient (Wildman–Crippen LogP) is 5.38. The number of imidazole rings is 1. The fourth-order valence-electron chi connectivity index (χ4n) is 3.81. The maximum Gasteiger partial charge on any atom is 0.282 e. The number of anilines is 2. The molecule has 1 aromatic carbocycles. The highest BCUT2D eigenvalue weighted by atomic mass is 19.3. The van der Waals surface area contributed by atoms with Crippen LogP contribution in [0, 0.1) is 6.92 Å². The number of fused-ring (bicyclic) bond motifs is 1. The zero-order valence-corrected chi connectivity index (χ0v) is 19.5. The Morgan fingerprint density at radius 3 is 2.43 bits per heavy atom. The third kappa shape index (κ3) is 4.72. The Morgan fingerprint density at radius 1 is 0.946 bits per heavy atom. The Balaban J connectivity index is 1.57. The van der Waals surface area contributed by atoms with Gasteiger partial charge in [0, 0.05) is 11.3 Å². The molecule has 37 heavy (non-hydrogen) atoms. The topological polar surface area (TPSA) is 107 Å². The molecule has 4 aromatic heterocycles. The van der Waals surface area contributed by atoms with Gasteiger partial charge >= 0.3 is 0 Å². The molecule has 5 rings (SSSR count). The van der Waals surface area contributed by atoms with E-state index < -0.39 is 30.3 Å². The third-order valence-corrected chi connectivity index (χ3v) is 5.61. The van der Waals surface area contributed by atoms with Crippen LogP contribution in [0.4, 0.5) is 29.1 Å². The second-order valence-electron chi connectivity index (χ2n) is 8.27. The predicted molar refractivity (Wildman–Crippen MR) is 127 cm³/mol. The van der Waals surface area contributed by atoms with E-state index in [0.29, 0.717) is 33.3 Å². The molecule has 0 saturated heterocycles. The Hall–Kier alpha value is -4.39. The van der Waals surface area contributed by atoms with Crippen molar-refractivity contribution in [2.24, 2.45) is 0 Å². The Labute approximate surface area is 207 Å². The quantitative estimate of drug-likeness (QED) is 0.282. The summed E-state index contributed by atoms with van der Waals surface area (Å²) in [6.45, 7) is 3.25. The van der Waals surface area contributed by atoms with Crippen LogP contribution in [0.1, 0.15) is 48.5 Å². The number of nitrogens with zero attached hydrogens (tertiary/aromatic N) is 7. The summed E-state index contributed by atoms with van der Waals surface area (Å²) in [7, 11) is 0. The lowest BCUT2D eigenvalue weighted by Gasteiger charge is -2.15. The van der Waals surface area contributed by atoms with E-state index in [2.05, 4.69) is 30.6 Å². The van der Waals surface area contributed by atoms with Crippen molar-refractivity contribution in [3.05, 3.63) is 77.5 Å². The fourth-order valence-corrected chi connectivity index (χ4v) is 3.81. The van der Waals surface area contributed by atoms with E-state index in [1.54, 1.807) is 34.9 Å². The zero-order valence-electron chi connectivity index (χ0n) is 19.5. The van der Waals surface area contributed by atoms with Crippen LogP contribution in [0.15, 0.2) is 54.9 Å². The van der Waals surface area contributed by atoms with Gasteiger partial charge in [0.15, 0.2) is 11.6 Å². The molecule has 190 valence electrons. The van der Waals surface area contributed by atoms with Crippen molar-refractivity contribution in [1.82, 2.24) is 34.5 Å². The van der Waals surface area contributed by atoms with Gasteiger partial charge in [-0.3, -0.25) is 4.57 Å². The first-order valence-corrected chi connectivity index (χ1v) is 11.1. The number of halogens is 4. The van der Waals surface area contributed by atoms with Crippen molar-refractivity contribution in [1.29, 1.82) is 0 Å². The summed E-state index contributed by atoms with van der Waals surface area (Å²) in [6, 6.07) is 12.7. The van der Waals surface area contributed by atoms with Gasteiger partial charge in [0.05, 0.1) is 22.8 Å². The molecule has 5 aromatic rings. The average molecular weight is 512 g/mol. The molecule has 0 aliphatic rings. The molecule has 4 heterocycles. The fraction of sp³-hybridized carbons (Fsp3) is 0.208. The van der Waals surface area contributed by atoms with E-state index in [1.165, 1.54) is 19.3 Å². The van der Waals surface area contributed by atoms with Crippen molar-refractivity contribution in [3.63, 3.8) is 0 Å². The van der Waals surface area contributed by atoms with Gasteiger partial charge in [-0.25, -0.2) is 32.2 Å². The maximum atomic E-state index is 13.7. The first-order valence-electron chi connectivity index (χ1n) is 11.1. The molecular weight excluding hydrogens is 492 g/mol. The number of aryl methyl sites for hydroxylation is 1. The van der Waals surface area contributed by atoms with Crippen molar-refractivity contribution in [2.45, 2.75) is 32.8 Å². The number of nitrogens with one attached hydrogen (secondary N) is 1. The van der Waals surface area contributed by atoms with Crippen LogP contribution < -0.4 is 5.32 Å². The highest BCUT2D eigenvalue weighted by Crippen LogP contribution is 2.31. The standard InChI is InChI=1S/C24H20F4N8O/c1-12-3-7-20(33-32-12)30-14-4-6-18-16(9-14)29-11-35(18)21-8-5-15(13(2)37)24(31-21)36-19(23(27)28)10-17(34-36)22(25)26/h3-11,13,22-23,37H,1-2H3,(H,30,33)/t13-/m0/s1. The number of pyridine rings is 1. The summed E-state index contributed by atoms with van der Waals surface area (Å²) in [5, 5.41) is 25.1. The molecular formula is C24H20F4N8O.